The summed E-state index contributed by atoms with van der Waals surface area (Å²) in [6.45, 7) is 1.06. The van der Waals surface area contributed by atoms with E-state index in [9.17, 15) is 4.39 Å². The molecule has 0 saturated carbocycles. The van der Waals surface area contributed by atoms with Crippen LogP contribution >= 0.6 is 0 Å². The molecule has 0 amide bonds. The normalized spacial score (nSPS) is 47.6. The van der Waals surface area contributed by atoms with Crippen molar-refractivity contribution >= 4 is 0 Å². The Bertz CT molecular complexity index is 93.3. The first-order valence-corrected chi connectivity index (χ1v) is 2.28. The number of ether oxygens (including phenoxy) is 2. The Morgan fingerprint density at radius 2 is 2.50 bits per heavy atom. The Labute approximate surface area is 46.0 Å². The summed E-state index contributed by atoms with van der Waals surface area (Å²) in [7, 11) is 0. The van der Waals surface area contributed by atoms with E-state index < -0.39 is 12.3 Å². The van der Waals surface area contributed by atoms with Crippen LogP contribution in [0.1, 0.15) is 6.92 Å². The Morgan fingerprint density at radius 1 is 1.88 bits per heavy atom. The van der Waals surface area contributed by atoms with Crippen molar-refractivity contribution in [2.24, 2.45) is 0 Å². The molecular weight excluding hydrogens is 115 g/mol. The number of rotatable bonds is 0. The molecule has 1 heterocycles. The molecule has 1 aliphatic rings. The van der Waals surface area contributed by atoms with Gasteiger partial charge in [-0.05, 0) is 0 Å². The monoisotopic (exact) mass is 122 g/mol. The second kappa shape index (κ2) is 1.65. The number of hydrogen-bond donors (Lipinski definition) is 1. The highest BCUT2D eigenvalue weighted by atomic mass is 19.1. The van der Waals surface area contributed by atoms with Gasteiger partial charge in [0.25, 0.3) is 5.97 Å². The molecule has 8 heavy (non-hydrogen) atoms. The molecule has 1 saturated heterocycles. The lowest BCUT2D eigenvalue weighted by atomic mass is 10.7. The van der Waals surface area contributed by atoms with E-state index >= 15 is 0 Å². The number of aliphatic hydroxyl groups is 1. The van der Waals surface area contributed by atoms with Crippen molar-refractivity contribution in [1.82, 2.24) is 0 Å². The summed E-state index contributed by atoms with van der Waals surface area (Å²) < 4.78 is 20.5. The molecule has 1 aliphatic heterocycles. The van der Waals surface area contributed by atoms with E-state index in [1.807, 2.05) is 0 Å². The smallest absolute Gasteiger partial charge is 0.280 e. The Hall–Kier alpha value is -0.190. The third-order valence-corrected chi connectivity index (χ3v) is 0.829. The highest BCUT2D eigenvalue weighted by Gasteiger charge is 2.34. The van der Waals surface area contributed by atoms with E-state index in [0.717, 1.165) is 0 Å². The molecule has 1 rings (SSSR count). The highest BCUT2D eigenvalue weighted by molar-refractivity contribution is 4.54. The largest absolute Gasteiger partial charge is 0.343 e. The van der Waals surface area contributed by atoms with Crippen LogP contribution in [0.2, 0.25) is 0 Å². The lowest BCUT2D eigenvalue weighted by Gasteiger charge is -2.11. The van der Waals surface area contributed by atoms with Crippen molar-refractivity contribution in [3.05, 3.63) is 0 Å². The molecule has 3 nitrogen and oxygen atoms in total. The van der Waals surface area contributed by atoms with Crippen molar-refractivity contribution in [3.63, 3.8) is 0 Å². The zero-order chi connectivity index (χ0) is 6.20. The van der Waals surface area contributed by atoms with Crippen LogP contribution in [0.5, 0.6) is 0 Å². The topological polar surface area (TPSA) is 38.7 Å². The SMILES string of the molecule is CC1(O)OCC(F)O1. The molecule has 0 aromatic rings. The van der Waals surface area contributed by atoms with E-state index in [2.05, 4.69) is 9.47 Å². The van der Waals surface area contributed by atoms with Gasteiger partial charge in [0.1, 0.15) is 6.61 Å². The lowest BCUT2D eigenvalue weighted by Crippen LogP contribution is -2.24. The minimum absolute atomic E-state index is 0.188. The number of hydrogen-bond acceptors (Lipinski definition) is 3. The van der Waals surface area contributed by atoms with Crippen LogP contribution in [-0.2, 0) is 9.47 Å². The maximum atomic E-state index is 11.9. The van der Waals surface area contributed by atoms with Gasteiger partial charge in [-0.2, -0.15) is 0 Å². The third-order valence-electron chi connectivity index (χ3n) is 0.829. The quantitative estimate of drug-likeness (QED) is 0.491. The van der Waals surface area contributed by atoms with Crippen LogP contribution in [0.15, 0.2) is 0 Å². The summed E-state index contributed by atoms with van der Waals surface area (Å²) in [6.07, 6.45) is -1.48. The van der Waals surface area contributed by atoms with Gasteiger partial charge >= 0.3 is 0 Å². The second-order valence-corrected chi connectivity index (χ2v) is 1.74. The third kappa shape index (κ3) is 1.15. The second-order valence-electron chi connectivity index (χ2n) is 1.74. The average Bonchev–Trinajstić information content (AvgIpc) is 1.82. The van der Waals surface area contributed by atoms with E-state index in [-0.39, 0.29) is 6.61 Å². The first kappa shape index (κ1) is 5.94. The van der Waals surface area contributed by atoms with Crippen molar-refractivity contribution in [1.29, 1.82) is 0 Å². The molecular formula is C4H7FO3. The van der Waals surface area contributed by atoms with Gasteiger partial charge in [0.05, 0.1) is 0 Å². The van der Waals surface area contributed by atoms with Crippen molar-refractivity contribution in [3.8, 4) is 0 Å². The average molecular weight is 122 g/mol. The van der Waals surface area contributed by atoms with Crippen LogP contribution in [0.25, 0.3) is 0 Å². The summed E-state index contributed by atoms with van der Waals surface area (Å²) in [6, 6.07) is 0. The zero-order valence-corrected chi connectivity index (χ0v) is 4.43. The Morgan fingerprint density at radius 3 is 2.62 bits per heavy atom. The maximum Gasteiger partial charge on any atom is 0.280 e. The van der Waals surface area contributed by atoms with Crippen molar-refractivity contribution < 1.29 is 19.0 Å². The molecule has 0 aromatic carbocycles. The van der Waals surface area contributed by atoms with Crippen LogP contribution in [-0.4, -0.2) is 24.0 Å². The van der Waals surface area contributed by atoms with Gasteiger partial charge in [-0.25, -0.2) is 4.39 Å². The molecule has 48 valence electrons. The summed E-state index contributed by atoms with van der Waals surface area (Å²) >= 11 is 0. The van der Waals surface area contributed by atoms with Crippen LogP contribution in [0.4, 0.5) is 4.39 Å². The molecule has 2 unspecified atom stereocenters. The molecule has 0 aliphatic carbocycles. The minimum Gasteiger partial charge on any atom is -0.343 e. The molecule has 1 fully saturated rings. The zero-order valence-electron chi connectivity index (χ0n) is 4.43. The van der Waals surface area contributed by atoms with Gasteiger partial charge in [0, 0.05) is 6.92 Å². The fourth-order valence-corrected chi connectivity index (χ4v) is 0.525. The van der Waals surface area contributed by atoms with E-state index in [0.29, 0.717) is 0 Å². The first-order chi connectivity index (χ1) is 3.60. The summed E-state index contributed by atoms with van der Waals surface area (Å²) in [5.74, 6) is -1.71. The Kier molecular flexibility index (Phi) is 1.22. The minimum atomic E-state index is -1.71. The highest BCUT2D eigenvalue weighted by Crippen LogP contribution is 2.19. The summed E-state index contributed by atoms with van der Waals surface area (Å²) in [5, 5.41) is 8.68. The predicted molar refractivity (Wildman–Crippen MR) is 22.6 cm³/mol. The van der Waals surface area contributed by atoms with Gasteiger partial charge in [-0.1, -0.05) is 0 Å². The van der Waals surface area contributed by atoms with E-state index in [1.54, 1.807) is 0 Å². The van der Waals surface area contributed by atoms with E-state index in [1.165, 1.54) is 6.92 Å². The molecule has 0 bridgehead atoms. The van der Waals surface area contributed by atoms with Gasteiger partial charge in [0.2, 0.25) is 6.36 Å². The number of alkyl halides is 1. The van der Waals surface area contributed by atoms with Crippen molar-refractivity contribution in [2.45, 2.75) is 19.3 Å². The standard InChI is InChI=1S/C4H7FO3/c1-4(6)7-2-3(5)8-4/h3,6H,2H2,1H3. The fourth-order valence-electron chi connectivity index (χ4n) is 0.525. The summed E-state index contributed by atoms with van der Waals surface area (Å²) in [5.41, 5.74) is 0. The summed E-state index contributed by atoms with van der Waals surface area (Å²) in [4.78, 5) is 0. The van der Waals surface area contributed by atoms with E-state index in [4.69, 9.17) is 5.11 Å². The Balaban J connectivity index is 2.44. The molecule has 0 radical (unpaired) electrons. The lowest BCUT2D eigenvalue weighted by molar-refractivity contribution is -0.306. The molecule has 0 spiro atoms. The van der Waals surface area contributed by atoms with Crippen LogP contribution in [0, 0.1) is 0 Å². The van der Waals surface area contributed by atoms with Crippen LogP contribution < -0.4 is 0 Å². The molecule has 1 N–H and O–H groups in total. The fraction of sp³-hybridized carbons (Fsp3) is 1.00. The predicted octanol–water partition coefficient (Wildman–Crippen LogP) is -0.00520. The molecule has 0 aromatic heterocycles. The van der Waals surface area contributed by atoms with Gasteiger partial charge in [-0.3, -0.25) is 4.74 Å². The van der Waals surface area contributed by atoms with Crippen molar-refractivity contribution in [2.75, 3.05) is 6.61 Å². The van der Waals surface area contributed by atoms with Crippen LogP contribution in [0.3, 0.4) is 0 Å². The van der Waals surface area contributed by atoms with Gasteiger partial charge in [0.15, 0.2) is 0 Å². The molecule has 2 atom stereocenters. The van der Waals surface area contributed by atoms with Gasteiger partial charge < -0.3 is 9.84 Å². The van der Waals surface area contributed by atoms with Gasteiger partial charge in [-0.15, -0.1) is 0 Å². The maximum absolute atomic E-state index is 11.9. The first-order valence-electron chi connectivity index (χ1n) is 2.28. The number of halogens is 1. The molecule has 4 heteroatoms.